The van der Waals surface area contributed by atoms with E-state index in [0.29, 0.717) is 43.2 Å². The first-order valence-corrected chi connectivity index (χ1v) is 7.93. The monoisotopic (exact) mass is 347 g/mol. The van der Waals surface area contributed by atoms with Gasteiger partial charge in [0.05, 0.1) is 20.4 Å². The van der Waals surface area contributed by atoms with Crippen molar-refractivity contribution in [2.24, 2.45) is 7.05 Å². The molecule has 0 bridgehead atoms. The molecular weight excluding hydrogens is 326 g/mol. The summed E-state index contributed by atoms with van der Waals surface area (Å²) in [5.41, 5.74) is -0.443. The molecule has 2 aromatic heterocycles. The highest BCUT2D eigenvalue weighted by atomic mass is 16.5. The Balaban J connectivity index is 1.75. The van der Waals surface area contributed by atoms with Crippen molar-refractivity contribution in [2.45, 2.75) is 18.4 Å². The predicted molar refractivity (Wildman–Crippen MR) is 87.4 cm³/mol. The molecule has 3 heterocycles. The third kappa shape index (κ3) is 3.27. The van der Waals surface area contributed by atoms with Crippen LogP contribution in [0, 0.1) is 0 Å². The van der Waals surface area contributed by atoms with Gasteiger partial charge in [0.2, 0.25) is 11.8 Å². The van der Waals surface area contributed by atoms with E-state index in [1.807, 2.05) is 0 Å². The second-order valence-corrected chi connectivity index (χ2v) is 5.97. The number of hydrogen-bond acceptors (Lipinski definition) is 7. The second-order valence-electron chi connectivity index (χ2n) is 5.97. The number of hydrogen-bond donors (Lipinski definition) is 1. The van der Waals surface area contributed by atoms with Crippen molar-refractivity contribution < 1.29 is 19.4 Å². The van der Waals surface area contributed by atoms with Crippen LogP contribution in [0.4, 0.5) is 0 Å². The minimum absolute atomic E-state index is 0.143. The molecule has 9 nitrogen and oxygen atoms in total. The molecule has 1 N–H and O–H groups in total. The Hall–Kier alpha value is -2.68. The van der Waals surface area contributed by atoms with E-state index in [9.17, 15) is 9.90 Å². The molecular formula is C16H21N5O4. The first-order valence-electron chi connectivity index (χ1n) is 7.93. The Bertz CT molecular complexity index is 768. The molecule has 0 atom stereocenters. The number of rotatable bonds is 4. The van der Waals surface area contributed by atoms with E-state index in [1.165, 1.54) is 20.4 Å². The standard InChI is InChI=1S/C16H21N5O4/c1-20-7-4-11(19-20)15(22)21-8-5-16(23,6-9-21)13-14(25-3)18-12(24-2)10-17-13/h4,7,10,23H,5-6,8-9H2,1-3H3. The van der Waals surface area contributed by atoms with Crippen LogP contribution in [0.3, 0.4) is 0 Å². The predicted octanol–water partition coefficient (Wildman–Crippen LogP) is 0.351. The topological polar surface area (TPSA) is 103 Å². The third-order valence-corrected chi connectivity index (χ3v) is 4.37. The van der Waals surface area contributed by atoms with E-state index < -0.39 is 5.60 Å². The molecule has 134 valence electrons. The van der Waals surface area contributed by atoms with Crippen molar-refractivity contribution in [3.8, 4) is 11.8 Å². The first-order chi connectivity index (χ1) is 12.0. The van der Waals surface area contributed by atoms with Crippen molar-refractivity contribution in [2.75, 3.05) is 27.3 Å². The van der Waals surface area contributed by atoms with E-state index in [1.54, 1.807) is 28.9 Å². The lowest BCUT2D eigenvalue weighted by Crippen LogP contribution is -2.45. The van der Waals surface area contributed by atoms with Crippen molar-refractivity contribution >= 4 is 5.91 Å². The summed E-state index contributed by atoms with van der Waals surface area (Å²) in [6.07, 6.45) is 3.85. The number of carbonyl (C=O) groups is 1. The van der Waals surface area contributed by atoms with Crippen LogP contribution < -0.4 is 9.47 Å². The lowest BCUT2D eigenvalue weighted by molar-refractivity contribution is -0.0266. The number of piperidine rings is 1. The van der Waals surface area contributed by atoms with E-state index >= 15 is 0 Å². The van der Waals surface area contributed by atoms with Crippen LogP contribution in [0.25, 0.3) is 0 Å². The van der Waals surface area contributed by atoms with E-state index in [-0.39, 0.29) is 11.8 Å². The molecule has 0 aromatic carbocycles. The number of likely N-dealkylation sites (tertiary alicyclic amines) is 1. The van der Waals surface area contributed by atoms with Gasteiger partial charge in [0.1, 0.15) is 17.0 Å². The number of amides is 1. The normalized spacial score (nSPS) is 16.6. The largest absolute Gasteiger partial charge is 0.480 e. The van der Waals surface area contributed by atoms with Gasteiger partial charge in [-0.2, -0.15) is 10.1 Å². The fourth-order valence-electron chi connectivity index (χ4n) is 2.92. The molecule has 0 unspecified atom stereocenters. The molecule has 25 heavy (non-hydrogen) atoms. The zero-order chi connectivity index (χ0) is 18.0. The lowest BCUT2D eigenvalue weighted by Gasteiger charge is -2.37. The SMILES string of the molecule is COc1cnc(C2(O)CCN(C(=O)c3ccn(C)n3)CC2)c(OC)n1. The molecule has 1 fully saturated rings. The number of aryl methyl sites for hydroxylation is 1. The van der Waals surface area contributed by atoms with Crippen LogP contribution >= 0.6 is 0 Å². The summed E-state index contributed by atoms with van der Waals surface area (Å²) in [7, 11) is 4.72. The summed E-state index contributed by atoms with van der Waals surface area (Å²) >= 11 is 0. The Labute approximate surface area is 145 Å². The molecule has 0 saturated carbocycles. The van der Waals surface area contributed by atoms with E-state index in [0.717, 1.165) is 0 Å². The van der Waals surface area contributed by atoms with Gasteiger partial charge >= 0.3 is 0 Å². The third-order valence-electron chi connectivity index (χ3n) is 4.37. The summed E-state index contributed by atoms with van der Waals surface area (Å²) < 4.78 is 11.9. The maximum atomic E-state index is 12.5. The molecule has 9 heteroatoms. The number of ether oxygens (including phenoxy) is 2. The Morgan fingerprint density at radius 1 is 1.28 bits per heavy atom. The molecule has 0 aliphatic carbocycles. The van der Waals surface area contributed by atoms with E-state index in [2.05, 4.69) is 15.1 Å². The van der Waals surface area contributed by atoms with Crippen molar-refractivity contribution in [3.63, 3.8) is 0 Å². The molecule has 2 aromatic rings. The number of nitrogens with zero attached hydrogens (tertiary/aromatic N) is 5. The highest BCUT2D eigenvalue weighted by molar-refractivity contribution is 5.92. The molecule has 1 aliphatic rings. The van der Waals surface area contributed by atoms with Crippen molar-refractivity contribution in [1.29, 1.82) is 0 Å². The maximum Gasteiger partial charge on any atom is 0.274 e. The Kier molecular flexibility index (Phi) is 4.58. The van der Waals surface area contributed by atoms with Crippen LogP contribution in [-0.2, 0) is 12.6 Å². The first kappa shape index (κ1) is 17.2. The van der Waals surface area contributed by atoms with Crippen LogP contribution in [0.5, 0.6) is 11.8 Å². The van der Waals surface area contributed by atoms with Gasteiger partial charge in [-0.3, -0.25) is 9.48 Å². The van der Waals surface area contributed by atoms with Crippen molar-refractivity contribution in [1.82, 2.24) is 24.6 Å². The molecule has 1 amide bonds. The Morgan fingerprint density at radius 3 is 2.56 bits per heavy atom. The van der Waals surface area contributed by atoms with E-state index in [4.69, 9.17) is 9.47 Å². The summed E-state index contributed by atoms with van der Waals surface area (Å²) in [5, 5.41) is 15.1. The smallest absolute Gasteiger partial charge is 0.274 e. The number of aliphatic hydroxyl groups is 1. The molecule has 0 spiro atoms. The fraction of sp³-hybridized carbons (Fsp3) is 0.500. The van der Waals surface area contributed by atoms with Gasteiger partial charge in [0, 0.05) is 26.3 Å². The fourth-order valence-corrected chi connectivity index (χ4v) is 2.92. The number of methoxy groups -OCH3 is 2. The lowest BCUT2D eigenvalue weighted by atomic mass is 9.88. The van der Waals surface area contributed by atoms with Crippen LogP contribution in [-0.4, -0.2) is 63.0 Å². The quantitative estimate of drug-likeness (QED) is 0.851. The molecule has 1 saturated heterocycles. The summed E-state index contributed by atoms with van der Waals surface area (Å²) in [6, 6.07) is 1.68. The summed E-state index contributed by atoms with van der Waals surface area (Å²) in [4.78, 5) is 22.6. The minimum atomic E-state index is -1.20. The second kappa shape index (κ2) is 6.67. The number of aromatic nitrogens is 4. The zero-order valence-corrected chi connectivity index (χ0v) is 14.5. The summed E-state index contributed by atoms with van der Waals surface area (Å²) in [5.74, 6) is 0.397. The van der Waals surface area contributed by atoms with Crippen LogP contribution in [0.2, 0.25) is 0 Å². The maximum absolute atomic E-state index is 12.5. The average molecular weight is 347 g/mol. The molecule has 0 radical (unpaired) electrons. The van der Waals surface area contributed by atoms with Gasteiger partial charge in [0.15, 0.2) is 0 Å². The highest BCUT2D eigenvalue weighted by Gasteiger charge is 2.40. The Morgan fingerprint density at radius 2 is 2.00 bits per heavy atom. The molecule has 3 rings (SSSR count). The minimum Gasteiger partial charge on any atom is -0.480 e. The van der Waals surface area contributed by atoms with Gasteiger partial charge < -0.3 is 19.5 Å². The highest BCUT2D eigenvalue weighted by Crippen LogP contribution is 2.36. The summed E-state index contributed by atoms with van der Waals surface area (Å²) in [6.45, 7) is 0.783. The number of carbonyl (C=O) groups excluding carboxylic acids is 1. The van der Waals surface area contributed by atoms with Gasteiger partial charge in [-0.25, -0.2) is 4.98 Å². The average Bonchev–Trinajstić information content (AvgIpc) is 3.07. The van der Waals surface area contributed by atoms with Gasteiger partial charge in [-0.05, 0) is 18.9 Å². The van der Waals surface area contributed by atoms with Gasteiger partial charge in [0.25, 0.3) is 5.91 Å². The van der Waals surface area contributed by atoms with Crippen LogP contribution in [0.15, 0.2) is 18.5 Å². The van der Waals surface area contributed by atoms with Gasteiger partial charge in [-0.1, -0.05) is 0 Å². The van der Waals surface area contributed by atoms with Crippen LogP contribution in [0.1, 0.15) is 29.0 Å². The van der Waals surface area contributed by atoms with Gasteiger partial charge in [-0.15, -0.1) is 0 Å². The zero-order valence-electron chi connectivity index (χ0n) is 14.5. The molecule has 1 aliphatic heterocycles. The van der Waals surface area contributed by atoms with Crippen molar-refractivity contribution in [3.05, 3.63) is 29.8 Å².